The molecule has 1 rings (SSSR count). The summed E-state index contributed by atoms with van der Waals surface area (Å²) in [6.07, 6.45) is 0.458. The number of rotatable bonds is 5. The van der Waals surface area contributed by atoms with Crippen LogP contribution in [0.1, 0.15) is 11.1 Å². The van der Waals surface area contributed by atoms with Crippen LogP contribution >= 0.6 is 0 Å². The number of hydrogen-bond donors (Lipinski definition) is 3. The number of carbonyl (C=O) groups is 1. The van der Waals surface area contributed by atoms with Crippen molar-refractivity contribution in [2.24, 2.45) is 5.73 Å². The third-order valence-electron chi connectivity index (χ3n) is 2.41. The number of likely N-dealkylation sites (N-methyl/N-ethyl adjacent to an activating group) is 1. The summed E-state index contributed by atoms with van der Waals surface area (Å²) in [4.78, 5) is 10.8. The summed E-state index contributed by atoms with van der Waals surface area (Å²) >= 11 is 0. The van der Waals surface area contributed by atoms with Crippen LogP contribution in [-0.4, -0.2) is 24.2 Å². The largest absolute Gasteiger partial charge is 0.480 e. The Kier molecular flexibility index (Phi) is 4.27. The smallest absolute Gasteiger partial charge is 0.321 e. The van der Waals surface area contributed by atoms with Gasteiger partial charge in [0.2, 0.25) is 0 Å². The van der Waals surface area contributed by atoms with Crippen LogP contribution in [0.25, 0.3) is 0 Å². The standard InChI is InChI=1S/C11H16N2O2/c1-13-10(11(14)15)6-8-4-2-3-5-9(8)7-12/h2-5,10,13H,6-7,12H2,1H3,(H,14,15)/t10-/m0/s1. The van der Waals surface area contributed by atoms with E-state index < -0.39 is 12.0 Å². The van der Waals surface area contributed by atoms with Crippen LogP contribution in [0.15, 0.2) is 24.3 Å². The van der Waals surface area contributed by atoms with Crippen molar-refractivity contribution in [3.63, 3.8) is 0 Å². The van der Waals surface area contributed by atoms with Gasteiger partial charge in [-0.15, -0.1) is 0 Å². The topological polar surface area (TPSA) is 75.3 Å². The minimum atomic E-state index is -0.843. The van der Waals surface area contributed by atoms with Gasteiger partial charge in [-0.2, -0.15) is 0 Å². The van der Waals surface area contributed by atoms with Gasteiger partial charge in [-0.1, -0.05) is 24.3 Å². The Morgan fingerprint density at radius 1 is 1.47 bits per heavy atom. The first kappa shape index (κ1) is 11.7. The molecule has 0 saturated carbocycles. The van der Waals surface area contributed by atoms with Crippen LogP contribution in [0.2, 0.25) is 0 Å². The van der Waals surface area contributed by atoms with Crippen LogP contribution in [0, 0.1) is 0 Å². The fourth-order valence-electron chi connectivity index (χ4n) is 1.49. The predicted molar refractivity (Wildman–Crippen MR) is 58.5 cm³/mol. The molecule has 1 aromatic carbocycles. The SMILES string of the molecule is CN[C@@H](Cc1ccccc1CN)C(=O)O. The highest BCUT2D eigenvalue weighted by atomic mass is 16.4. The normalized spacial score (nSPS) is 12.4. The van der Waals surface area contributed by atoms with Crippen molar-refractivity contribution in [3.8, 4) is 0 Å². The Morgan fingerprint density at radius 3 is 2.53 bits per heavy atom. The quantitative estimate of drug-likeness (QED) is 0.653. The van der Waals surface area contributed by atoms with Gasteiger partial charge in [0.25, 0.3) is 0 Å². The van der Waals surface area contributed by atoms with Crippen molar-refractivity contribution in [3.05, 3.63) is 35.4 Å². The van der Waals surface area contributed by atoms with Gasteiger partial charge < -0.3 is 16.2 Å². The van der Waals surface area contributed by atoms with Crippen LogP contribution in [0.5, 0.6) is 0 Å². The van der Waals surface area contributed by atoms with E-state index in [0.29, 0.717) is 13.0 Å². The van der Waals surface area contributed by atoms with E-state index in [1.165, 1.54) is 0 Å². The first-order valence-corrected chi connectivity index (χ1v) is 4.86. The molecule has 4 heteroatoms. The maximum absolute atomic E-state index is 10.8. The molecule has 4 N–H and O–H groups in total. The van der Waals surface area contributed by atoms with Gasteiger partial charge in [0.15, 0.2) is 0 Å². The Balaban J connectivity index is 2.82. The van der Waals surface area contributed by atoms with Crippen molar-refractivity contribution in [1.29, 1.82) is 0 Å². The highest BCUT2D eigenvalue weighted by Crippen LogP contribution is 2.10. The molecule has 0 heterocycles. The summed E-state index contributed by atoms with van der Waals surface area (Å²) in [6.45, 7) is 0.437. The molecular formula is C11H16N2O2. The summed E-state index contributed by atoms with van der Waals surface area (Å²) in [5.74, 6) is -0.843. The molecule has 0 unspecified atom stereocenters. The Morgan fingerprint density at radius 2 is 2.07 bits per heavy atom. The van der Waals surface area contributed by atoms with Crippen LogP contribution in [0.3, 0.4) is 0 Å². The lowest BCUT2D eigenvalue weighted by molar-refractivity contribution is -0.139. The summed E-state index contributed by atoms with van der Waals surface area (Å²) in [5, 5.41) is 11.7. The number of nitrogens with two attached hydrogens (primary N) is 1. The molecule has 0 bridgehead atoms. The summed E-state index contributed by atoms with van der Waals surface area (Å²) in [6, 6.07) is 7.07. The van der Waals surface area contributed by atoms with E-state index in [4.69, 9.17) is 10.8 Å². The minimum absolute atomic E-state index is 0.437. The van der Waals surface area contributed by atoms with Crippen molar-refractivity contribution in [2.75, 3.05) is 7.05 Å². The van der Waals surface area contributed by atoms with Crippen molar-refractivity contribution >= 4 is 5.97 Å². The van der Waals surface area contributed by atoms with E-state index >= 15 is 0 Å². The molecule has 0 aliphatic rings. The zero-order valence-electron chi connectivity index (χ0n) is 8.73. The monoisotopic (exact) mass is 208 g/mol. The average Bonchev–Trinajstić information content (AvgIpc) is 2.25. The highest BCUT2D eigenvalue weighted by Gasteiger charge is 2.16. The number of aliphatic carboxylic acids is 1. The molecule has 4 nitrogen and oxygen atoms in total. The molecule has 0 aromatic heterocycles. The van der Waals surface area contributed by atoms with Gasteiger partial charge in [-0.05, 0) is 24.6 Å². The number of benzene rings is 1. The van der Waals surface area contributed by atoms with E-state index in [1.54, 1.807) is 7.05 Å². The molecule has 0 amide bonds. The summed E-state index contributed by atoms with van der Waals surface area (Å²) in [5.41, 5.74) is 7.56. The van der Waals surface area contributed by atoms with Gasteiger partial charge in [-0.25, -0.2) is 0 Å². The van der Waals surface area contributed by atoms with Gasteiger partial charge >= 0.3 is 5.97 Å². The lowest BCUT2D eigenvalue weighted by Gasteiger charge is -2.13. The van der Waals surface area contributed by atoms with Gasteiger partial charge in [-0.3, -0.25) is 4.79 Å². The van der Waals surface area contributed by atoms with Gasteiger partial charge in [0.05, 0.1) is 0 Å². The molecule has 0 fully saturated rings. The molecule has 82 valence electrons. The highest BCUT2D eigenvalue weighted by molar-refractivity contribution is 5.73. The fourth-order valence-corrected chi connectivity index (χ4v) is 1.49. The molecule has 15 heavy (non-hydrogen) atoms. The van der Waals surface area contributed by atoms with Gasteiger partial charge in [0.1, 0.15) is 6.04 Å². The second-order valence-electron chi connectivity index (χ2n) is 3.36. The van der Waals surface area contributed by atoms with E-state index in [1.807, 2.05) is 24.3 Å². The van der Waals surface area contributed by atoms with Crippen molar-refractivity contribution < 1.29 is 9.90 Å². The maximum Gasteiger partial charge on any atom is 0.321 e. The fraction of sp³-hybridized carbons (Fsp3) is 0.364. The molecule has 0 saturated heterocycles. The summed E-state index contributed by atoms with van der Waals surface area (Å²) < 4.78 is 0. The lowest BCUT2D eigenvalue weighted by Crippen LogP contribution is -2.36. The van der Waals surface area contributed by atoms with Crippen LogP contribution in [-0.2, 0) is 17.8 Å². The molecule has 1 aromatic rings. The average molecular weight is 208 g/mol. The molecular weight excluding hydrogens is 192 g/mol. The third-order valence-corrected chi connectivity index (χ3v) is 2.41. The van der Waals surface area contributed by atoms with E-state index in [-0.39, 0.29) is 0 Å². The third kappa shape index (κ3) is 3.04. The number of carboxylic acid groups (broad SMARTS) is 1. The minimum Gasteiger partial charge on any atom is -0.480 e. The number of hydrogen-bond acceptors (Lipinski definition) is 3. The number of carboxylic acids is 1. The molecule has 1 atom stereocenters. The molecule has 0 radical (unpaired) electrons. The Labute approximate surface area is 89.1 Å². The predicted octanol–water partition coefficient (Wildman–Crippen LogP) is 0.360. The second-order valence-corrected chi connectivity index (χ2v) is 3.36. The lowest BCUT2D eigenvalue weighted by atomic mass is 10.0. The maximum atomic E-state index is 10.8. The molecule has 0 aliphatic heterocycles. The van der Waals surface area contributed by atoms with Crippen molar-refractivity contribution in [2.45, 2.75) is 19.0 Å². The first-order valence-electron chi connectivity index (χ1n) is 4.86. The molecule has 0 spiro atoms. The summed E-state index contributed by atoms with van der Waals surface area (Å²) in [7, 11) is 1.64. The second kappa shape index (κ2) is 5.48. The van der Waals surface area contributed by atoms with E-state index in [2.05, 4.69) is 5.32 Å². The van der Waals surface area contributed by atoms with Crippen LogP contribution in [0.4, 0.5) is 0 Å². The zero-order chi connectivity index (χ0) is 11.3. The Hall–Kier alpha value is -1.39. The zero-order valence-corrected chi connectivity index (χ0v) is 8.73. The molecule has 0 aliphatic carbocycles. The van der Waals surface area contributed by atoms with Crippen molar-refractivity contribution in [1.82, 2.24) is 5.32 Å². The van der Waals surface area contributed by atoms with E-state index in [9.17, 15) is 4.79 Å². The van der Waals surface area contributed by atoms with Gasteiger partial charge in [0, 0.05) is 6.54 Å². The number of nitrogens with one attached hydrogen (secondary N) is 1. The van der Waals surface area contributed by atoms with Crippen LogP contribution < -0.4 is 11.1 Å². The first-order chi connectivity index (χ1) is 7.19. The van der Waals surface area contributed by atoms with E-state index in [0.717, 1.165) is 11.1 Å². The Bertz CT molecular complexity index is 339.